The largest absolute Gasteiger partial charge is 0.493 e. The van der Waals surface area contributed by atoms with E-state index < -0.39 is 17.7 Å². The first-order chi connectivity index (χ1) is 13.0. The molecule has 7 heteroatoms. The van der Waals surface area contributed by atoms with Gasteiger partial charge in [0.1, 0.15) is 5.82 Å². The molecule has 0 fully saturated rings. The Morgan fingerprint density at radius 2 is 1.70 bits per heavy atom. The number of hydrogen-bond donors (Lipinski definition) is 1. The summed E-state index contributed by atoms with van der Waals surface area (Å²) in [6, 6.07) is 11.6. The Morgan fingerprint density at radius 1 is 1.07 bits per heavy atom. The molecule has 0 bridgehead atoms. The van der Waals surface area contributed by atoms with E-state index in [2.05, 4.69) is 0 Å². The van der Waals surface area contributed by atoms with Crippen LogP contribution in [0.25, 0.3) is 0 Å². The molecule has 2 aromatic rings. The maximum absolute atomic E-state index is 14.5. The molecule has 1 N–H and O–H groups in total. The van der Waals surface area contributed by atoms with Gasteiger partial charge in [-0.05, 0) is 18.1 Å². The number of ether oxygens (including phenoxy) is 2. The third kappa shape index (κ3) is 5.44. The normalized spacial score (nSPS) is 10.3. The first-order valence-electron chi connectivity index (χ1n) is 8.42. The Hall–Kier alpha value is -3.09. The van der Waals surface area contributed by atoms with Crippen molar-refractivity contribution in [2.45, 2.75) is 19.4 Å². The molecule has 144 valence electrons. The standard InChI is InChI=1S/C20H22FNO5/c1-26-17-11-15(16(21)12-18(17)27-2)20(25)22(10-6-9-19(23)24)13-14-7-4-3-5-8-14/h3-5,7-8,11-12H,6,9-10,13H2,1-2H3,(H,23,24). The van der Waals surface area contributed by atoms with Gasteiger partial charge in [-0.2, -0.15) is 0 Å². The number of carbonyl (C=O) groups excluding carboxylic acids is 1. The molecule has 0 aliphatic rings. The minimum absolute atomic E-state index is 0.0764. The van der Waals surface area contributed by atoms with Crippen molar-refractivity contribution in [2.75, 3.05) is 20.8 Å². The first-order valence-corrected chi connectivity index (χ1v) is 8.42. The topological polar surface area (TPSA) is 76.1 Å². The van der Waals surface area contributed by atoms with Crippen LogP contribution in [-0.4, -0.2) is 42.6 Å². The molecule has 2 aromatic carbocycles. The lowest BCUT2D eigenvalue weighted by Gasteiger charge is -2.23. The molecule has 27 heavy (non-hydrogen) atoms. The second-order valence-electron chi connectivity index (χ2n) is 5.90. The van der Waals surface area contributed by atoms with Crippen LogP contribution in [0.4, 0.5) is 4.39 Å². The Labute approximate surface area is 157 Å². The quantitative estimate of drug-likeness (QED) is 0.727. The van der Waals surface area contributed by atoms with Crippen LogP contribution in [0.3, 0.4) is 0 Å². The Balaban J connectivity index is 2.30. The molecular formula is C20H22FNO5. The molecule has 2 rings (SSSR count). The third-order valence-corrected chi connectivity index (χ3v) is 4.03. The summed E-state index contributed by atoms with van der Waals surface area (Å²) in [4.78, 5) is 25.2. The molecule has 0 aliphatic heterocycles. The number of carboxylic acid groups (broad SMARTS) is 1. The van der Waals surface area contributed by atoms with Crippen LogP contribution in [0, 0.1) is 5.82 Å². The summed E-state index contributed by atoms with van der Waals surface area (Å²) in [7, 11) is 2.78. The lowest BCUT2D eigenvalue weighted by Crippen LogP contribution is -2.32. The molecular weight excluding hydrogens is 353 g/mol. The average molecular weight is 375 g/mol. The van der Waals surface area contributed by atoms with Gasteiger partial charge in [0.25, 0.3) is 5.91 Å². The van der Waals surface area contributed by atoms with E-state index in [1.165, 1.54) is 25.2 Å². The van der Waals surface area contributed by atoms with Gasteiger partial charge in [0.05, 0.1) is 19.8 Å². The van der Waals surface area contributed by atoms with Gasteiger partial charge in [0.2, 0.25) is 0 Å². The monoisotopic (exact) mass is 375 g/mol. The van der Waals surface area contributed by atoms with Gasteiger partial charge >= 0.3 is 5.97 Å². The predicted octanol–water partition coefficient (Wildman–Crippen LogP) is 3.35. The number of rotatable bonds is 9. The lowest BCUT2D eigenvalue weighted by atomic mass is 10.1. The van der Waals surface area contributed by atoms with Crippen LogP contribution in [0.2, 0.25) is 0 Å². The maximum atomic E-state index is 14.5. The van der Waals surface area contributed by atoms with Crippen molar-refractivity contribution in [3.05, 3.63) is 59.4 Å². The highest BCUT2D eigenvalue weighted by molar-refractivity contribution is 5.95. The highest BCUT2D eigenvalue weighted by Gasteiger charge is 2.22. The fourth-order valence-electron chi connectivity index (χ4n) is 2.67. The predicted molar refractivity (Wildman–Crippen MR) is 97.6 cm³/mol. The van der Waals surface area contributed by atoms with E-state index in [1.807, 2.05) is 30.3 Å². The van der Waals surface area contributed by atoms with Crippen LogP contribution < -0.4 is 9.47 Å². The summed E-state index contributed by atoms with van der Waals surface area (Å²) in [6.45, 7) is 0.431. The molecule has 0 heterocycles. The minimum atomic E-state index is -0.945. The minimum Gasteiger partial charge on any atom is -0.493 e. The second kappa shape index (κ2) is 9.56. The molecule has 0 aromatic heterocycles. The summed E-state index contributed by atoms with van der Waals surface area (Å²) >= 11 is 0. The van der Waals surface area contributed by atoms with Crippen molar-refractivity contribution < 1.29 is 28.6 Å². The molecule has 0 saturated heterocycles. The molecule has 0 radical (unpaired) electrons. The third-order valence-electron chi connectivity index (χ3n) is 4.03. The number of carboxylic acids is 1. The van der Waals surface area contributed by atoms with Crippen LogP contribution in [0.15, 0.2) is 42.5 Å². The summed E-state index contributed by atoms with van der Waals surface area (Å²) in [5, 5.41) is 8.85. The summed E-state index contributed by atoms with van der Waals surface area (Å²) in [5.74, 6) is -1.78. The molecule has 1 amide bonds. The van der Waals surface area contributed by atoms with Gasteiger partial charge in [0.15, 0.2) is 11.5 Å². The van der Waals surface area contributed by atoms with Crippen molar-refractivity contribution >= 4 is 11.9 Å². The summed E-state index contributed by atoms with van der Waals surface area (Å²) < 4.78 is 24.7. The number of amides is 1. The van der Waals surface area contributed by atoms with Crippen molar-refractivity contribution in [1.82, 2.24) is 4.90 Å². The fourth-order valence-corrected chi connectivity index (χ4v) is 2.67. The van der Waals surface area contributed by atoms with Crippen molar-refractivity contribution in [2.24, 2.45) is 0 Å². The molecule has 0 aliphatic carbocycles. The molecule has 0 saturated carbocycles. The number of methoxy groups -OCH3 is 2. The van der Waals surface area contributed by atoms with Crippen molar-refractivity contribution in [3.63, 3.8) is 0 Å². The number of carbonyl (C=O) groups is 2. The number of hydrogen-bond acceptors (Lipinski definition) is 4. The Kier molecular flexibility index (Phi) is 7.16. The molecule has 0 spiro atoms. The van der Waals surface area contributed by atoms with Gasteiger partial charge < -0.3 is 19.5 Å². The fraction of sp³-hybridized carbons (Fsp3) is 0.300. The zero-order chi connectivity index (χ0) is 19.8. The van der Waals surface area contributed by atoms with Gasteiger partial charge in [0, 0.05) is 25.6 Å². The van der Waals surface area contributed by atoms with E-state index >= 15 is 0 Å². The van der Waals surface area contributed by atoms with E-state index in [0.29, 0.717) is 0 Å². The second-order valence-corrected chi connectivity index (χ2v) is 5.90. The van der Waals surface area contributed by atoms with Gasteiger partial charge in [-0.25, -0.2) is 4.39 Å². The highest BCUT2D eigenvalue weighted by atomic mass is 19.1. The van der Waals surface area contributed by atoms with E-state index in [9.17, 15) is 14.0 Å². The van der Waals surface area contributed by atoms with E-state index in [-0.39, 0.29) is 43.0 Å². The van der Waals surface area contributed by atoms with Crippen LogP contribution in [0.1, 0.15) is 28.8 Å². The average Bonchev–Trinajstić information content (AvgIpc) is 2.67. The summed E-state index contributed by atoms with van der Waals surface area (Å²) in [6.07, 6.45) is 0.190. The number of benzene rings is 2. The number of nitrogens with zero attached hydrogens (tertiary/aromatic N) is 1. The molecule has 0 unspecified atom stereocenters. The van der Waals surface area contributed by atoms with E-state index in [4.69, 9.17) is 14.6 Å². The maximum Gasteiger partial charge on any atom is 0.303 e. The van der Waals surface area contributed by atoms with Crippen LogP contribution in [0.5, 0.6) is 11.5 Å². The number of halogens is 1. The van der Waals surface area contributed by atoms with Gasteiger partial charge in [-0.1, -0.05) is 30.3 Å². The van der Waals surface area contributed by atoms with E-state index in [1.54, 1.807) is 0 Å². The first kappa shape index (κ1) is 20.2. The van der Waals surface area contributed by atoms with Gasteiger partial charge in [-0.3, -0.25) is 9.59 Å². The number of aliphatic carboxylic acids is 1. The molecule has 0 atom stereocenters. The zero-order valence-electron chi connectivity index (χ0n) is 15.3. The Bertz CT molecular complexity index is 794. The zero-order valence-corrected chi connectivity index (χ0v) is 15.3. The van der Waals surface area contributed by atoms with Crippen molar-refractivity contribution in [3.8, 4) is 11.5 Å². The van der Waals surface area contributed by atoms with Crippen LogP contribution in [-0.2, 0) is 11.3 Å². The molecule has 6 nitrogen and oxygen atoms in total. The summed E-state index contributed by atoms with van der Waals surface area (Å²) in [5.41, 5.74) is 0.709. The van der Waals surface area contributed by atoms with E-state index in [0.717, 1.165) is 11.6 Å². The highest BCUT2D eigenvalue weighted by Crippen LogP contribution is 2.30. The Morgan fingerprint density at radius 3 is 2.30 bits per heavy atom. The SMILES string of the molecule is COc1cc(F)c(C(=O)N(CCCC(=O)O)Cc2ccccc2)cc1OC. The van der Waals surface area contributed by atoms with Gasteiger partial charge in [-0.15, -0.1) is 0 Å². The van der Waals surface area contributed by atoms with Crippen molar-refractivity contribution in [1.29, 1.82) is 0 Å². The smallest absolute Gasteiger partial charge is 0.303 e. The van der Waals surface area contributed by atoms with Crippen LogP contribution >= 0.6 is 0 Å². The lowest BCUT2D eigenvalue weighted by molar-refractivity contribution is -0.137.